The van der Waals surface area contributed by atoms with Crippen LogP contribution in [0.25, 0.3) is 0 Å². The fraction of sp³-hybridized carbons (Fsp3) is 0.750. The second-order valence-electron chi connectivity index (χ2n) is 7.93. The Morgan fingerprint density at radius 2 is 1.81 bits per heavy atom. The third-order valence-corrected chi connectivity index (χ3v) is 6.08. The maximum absolute atomic E-state index is 12.9. The van der Waals surface area contributed by atoms with Crippen molar-refractivity contribution < 1.29 is 29.1 Å². The summed E-state index contributed by atoms with van der Waals surface area (Å²) in [5.74, 6) is -3.51. The highest BCUT2D eigenvalue weighted by molar-refractivity contribution is 7.98. The SMILES string of the molecule is CCC(C)C(NC(=O)C(CC(N)=O)NC(=O)C1CCCN1)C(=O)NC(CCSC)C(=O)O. The van der Waals surface area contributed by atoms with Gasteiger partial charge in [-0.3, -0.25) is 19.2 Å². The molecule has 32 heavy (non-hydrogen) atoms. The van der Waals surface area contributed by atoms with Crippen molar-refractivity contribution in [2.45, 2.75) is 70.1 Å². The molecule has 0 aromatic carbocycles. The third-order valence-electron chi connectivity index (χ3n) is 5.43. The standard InChI is InChI=1S/C20H35N5O6S/c1-4-11(2)16(19(29)23-13(20(30)31)7-9-32-3)25-18(28)14(10-15(21)26)24-17(27)12-6-5-8-22-12/h11-14,16,22H,4-10H2,1-3H3,(H2,21,26)(H,23,29)(H,24,27)(H,25,28)(H,30,31). The van der Waals surface area contributed by atoms with Gasteiger partial charge in [-0.15, -0.1) is 0 Å². The molecule has 1 fully saturated rings. The molecule has 11 nitrogen and oxygen atoms in total. The number of aliphatic carboxylic acids is 1. The lowest BCUT2D eigenvalue weighted by molar-refractivity contribution is -0.142. The Labute approximate surface area is 192 Å². The minimum Gasteiger partial charge on any atom is -0.480 e. The monoisotopic (exact) mass is 473 g/mol. The van der Waals surface area contributed by atoms with Crippen LogP contribution in [0.4, 0.5) is 0 Å². The number of carbonyl (C=O) groups is 5. The second kappa shape index (κ2) is 13.9. The molecule has 0 bridgehead atoms. The lowest BCUT2D eigenvalue weighted by Crippen LogP contribution is -2.59. The highest BCUT2D eigenvalue weighted by Gasteiger charge is 2.33. The molecule has 1 heterocycles. The first-order valence-electron chi connectivity index (χ1n) is 10.7. The number of hydrogen-bond donors (Lipinski definition) is 6. The molecule has 0 saturated carbocycles. The Bertz CT molecular complexity index is 685. The predicted molar refractivity (Wildman–Crippen MR) is 121 cm³/mol. The summed E-state index contributed by atoms with van der Waals surface area (Å²) in [5, 5.41) is 20.0. The van der Waals surface area contributed by atoms with Crippen LogP contribution in [-0.2, 0) is 24.0 Å². The van der Waals surface area contributed by atoms with Gasteiger partial charge in [-0.1, -0.05) is 20.3 Å². The molecule has 7 N–H and O–H groups in total. The van der Waals surface area contributed by atoms with E-state index in [1.165, 1.54) is 11.8 Å². The van der Waals surface area contributed by atoms with Gasteiger partial charge in [0.2, 0.25) is 23.6 Å². The summed E-state index contributed by atoms with van der Waals surface area (Å²) in [6.45, 7) is 4.25. The van der Waals surface area contributed by atoms with E-state index in [0.717, 1.165) is 6.42 Å². The number of carboxylic acid groups (broad SMARTS) is 1. The van der Waals surface area contributed by atoms with Crippen molar-refractivity contribution in [3.8, 4) is 0 Å². The zero-order valence-corrected chi connectivity index (χ0v) is 19.6. The smallest absolute Gasteiger partial charge is 0.326 e. The van der Waals surface area contributed by atoms with Gasteiger partial charge in [0.1, 0.15) is 18.1 Å². The van der Waals surface area contributed by atoms with E-state index in [9.17, 15) is 29.1 Å². The lowest BCUT2D eigenvalue weighted by atomic mass is 9.97. The van der Waals surface area contributed by atoms with E-state index in [-0.39, 0.29) is 12.3 Å². The first-order chi connectivity index (χ1) is 15.1. The van der Waals surface area contributed by atoms with E-state index < -0.39 is 60.2 Å². The van der Waals surface area contributed by atoms with Gasteiger partial charge in [-0.05, 0) is 43.7 Å². The molecule has 0 radical (unpaired) electrons. The number of carbonyl (C=O) groups excluding carboxylic acids is 4. The fourth-order valence-corrected chi connectivity index (χ4v) is 3.77. The maximum Gasteiger partial charge on any atom is 0.326 e. The molecule has 0 aliphatic carbocycles. The quantitative estimate of drug-likeness (QED) is 0.185. The minimum atomic E-state index is -1.24. The van der Waals surface area contributed by atoms with E-state index in [1.54, 1.807) is 6.92 Å². The molecular formula is C20H35N5O6S. The van der Waals surface area contributed by atoms with Crippen LogP contribution in [0.1, 0.15) is 46.0 Å². The second-order valence-corrected chi connectivity index (χ2v) is 8.92. The Kier molecular flexibility index (Phi) is 12.1. The van der Waals surface area contributed by atoms with Crippen LogP contribution in [-0.4, -0.2) is 77.4 Å². The number of nitrogens with two attached hydrogens (primary N) is 1. The Balaban J connectivity index is 2.93. The predicted octanol–water partition coefficient (Wildman–Crippen LogP) is -1.05. The van der Waals surface area contributed by atoms with Gasteiger partial charge < -0.3 is 32.1 Å². The molecule has 5 atom stereocenters. The Morgan fingerprint density at radius 3 is 2.31 bits per heavy atom. The number of nitrogens with one attached hydrogen (secondary N) is 4. The van der Waals surface area contributed by atoms with E-state index in [1.807, 2.05) is 13.2 Å². The summed E-state index contributed by atoms with van der Waals surface area (Å²) in [4.78, 5) is 61.1. The van der Waals surface area contributed by atoms with Gasteiger partial charge in [-0.25, -0.2) is 4.79 Å². The molecule has 1 rings (SSSR count). The van der Waals surface area contributed by atoms with Crippen molar-refractivity contribution >= 4 is 41.4 Å². The van der Waals surface area contributed by atoms with Gasteiger partial charge in [0, 0.05) is 0 Å². The van der Waals surface area contributed by atoms with Gasteiger partial charge >= 0.3 is 5.97 Å². The average molecular weight is 474 g/mol. The van der Waals surface area contributed by atoms with E-state index in [2.05, 4.69) is 21.3 Å². The summed E-state index contributed by atoms with van der Waals surface area (Å²) in [6.07, 6.45) is 3.60. The Hall–Kier alpha value is -2.34. The molecular weight excluding hydrogens is 438 g/mol. The van der Waals surface area contributed by atoms with Gasteiger partial charge in [0.15, 0.2) is 0 Å². The van der Waals surface area contributed by atoms with Crippen LogP contribution in [0, 0.1) is 5.92 Å². The maximum atomic E-state index is 12.9. The van der Waals surface area contributed by atoms with E-state index >= 15 is 0 Å². The fourth-order valence-electron chi connectivity index (χ4n) is 3.30. The first kappa shape index (κ1) is 27.7. The van der Waals surface area contributed by atoms with Crippen molar-refractivity contribution in [3.05, 3.63) is 0 Å². The largest absolute Gasteiger partial charge is 0.480 e. The summed E-state index contributed by atoms with van der Waals surface area (Å²) in [5.41, 5.74) is 5.25. The Morgan fingerprint density at radius 1 is 1.12 bits per heavy atom. The summed E-state index contributed by atoms with van der Waals surface area (Å²) in [6, 6.07) is -3.83. The van der Waals surface area contributed by atoms with Crippen molar-refractivity contribution in [2.24, 2.45) is 11.7 Å². The number of rotatable bonds is 14. The topological polar surface area (TPSA) is 180 Å². The molecule has 12 heteroatoms. The summed E-state index contributed by atoms with van der Waals surface area (Å²) >= 11 is 1.46. The zero-order valence-electron chi connectivity index (χ0n) is 18.8. The molecule has 1 aliphatic heterocycles. The van der Waals surface area contributed by atoms with Crippen molar-refractivity contribution in [1.82, 2.24) is 21.3 Å². The zero-order chi connectivity index (χ0) is 24.3. The lowest BCUT2D eigenvalue weighted by Gasteiger charge is -2.27. The molecule has 0 aromatic heterocycles. The van der Waals surface area contributed by atoms with Crippen molar-refractivity contribution in [2.75, 3.05) is 18.6 Å². The van der Waals surface area contributed by atoms with Crippen LogP contribution in [0.2, 0.25) is 0 Å². The average Bonchev–Trinajstić information content (AvgIpc) is 3.28. The number of amides is 4. The molecule has 1 aliphatic rings. The summed E-state index contributed by atoms with van der Waals surface area (Å²) in [7, 11) is 0. The van der Waals surface area contributed by atoms with Gasteiger partial charge in [0.05, 0.1) is 12.5 Å². The highest BCUT2D eigenvalue weighted by atomic mass is 32.2. The highest BCUT2D eigenvalue weighted by Crippen LogP contribution is 2.11. The van der Waals surface area contributed by atoms with Crippen molar-refractivity contribution in [3.63, 3.8) is 0 Å². The summed E-state index contributed by atoms with van der Waals surface area (Å²) < 4.78 is 0. The molecule has 5 unspecified atom stereocenters. The number of primary amides is 1. The third kappa shape index (κ3) is 9.03. The van der Waals surface area contributed by atoms with Crippen LogP contribution in [0.3, 0.4) is 0 Å². The van der Waals surface area contributed by atoms with E-state index in [4.69, 9.17) is 5.73 Å². The van der Waals surface area contributed by atoms with Gasteiger partial charge in [0.25, 0.3) is 0 Å². The first-order valence-corrected chi connectivity index (χ1v) is 12.1. The van der Waals surface area contributed by atoms with Crippen LogP contribution in [0.5, 0.6) is 0 Å². The van der Waals surface area contributed by atoms with Crippen LogP contribution < -0.4 is 27.0 Å². The van der Waals surface area contributed by atoms with Crippen LogP contribution in [0.15, 0.2) is 0 Å². The minimum absolute atomic E-state index is 0.234. The molecule has 0 spiro atoms. The number of thioether (sulfide) groups is 1. The molecule has 1 saturated heterocycles. The van der Waals surface area contributed by atoms with Gasteiger partial charge in [-0.2, -0.15) is 11.8 Å². The van der Waals surface area contributed by atoms with Crippen LogP contribution >= 0.6 is 11.8 Å². The molecule has 0 aromatic rings. The van der Waals surface area contributed by atoms with Crippen molar-refractivity contribution in [1.29, 1.82) is 0 Å². The normalized spacial score (nSPS) is 19.3. The molecule has 4 amide bonds. The number of carboxylic acids is 1. The van der Waals surface area contributed by atoms with E-state index in [0.29, 0.717) is 25.1 Å². The number of hydrogen-bond acceptors (Lipinski definition) is 7. The molecule has 182 valence electrons.